The fourth-order valence-electron chi connectivity index (χ4n) is 1.73. The average Bonchev–Trinajstić information content (AvgIpc) is 2.36. The topological polar surface area (TPSA) is 43.4 Å². The van der Waals surface area contributed by atoms with E-state index in [4.69, 9.17) is 46.4 Å². The number of halogens is 4. The molecule has 0 radical (unpaired) electrons. The second-order valence-corrected chi connectivity index (χ2v) is 7.69. The van der Waals surface area contributed by atoms with Crippen molar-refractivity contribution in [2.24, 2.45) is 0 Å². The van der Waals surface area contributed by atoms with Crippen LogP contribution in [0.2, 0.25) is 0 Å². The molecule has 0 aromatic carbocycles. The molecule has 23 heavy (non-hydrogen) atoms. The van der Waals surface area contributed by atoms with E-state index in [2.05, 4.69) is 11.7 Å². The van der Waals surface area contributed by atoms with Gasteiger partial charge >= 0.3 is 11.9 Å². The van der Waals surface area contributed by atoms with Crippen LogP contribution in [0.25, 0.3) is 0 Å². The zero-order valence-electron chi connectivity index (χ0n) is 12.5. The van der Waals surface area contributed by atoms with Crippen LogP contribution in [0.15, 0.2) is 0 Å². The third-order valence-electron chi connectivity index (χ3n) is 2.90. The summed E-state index contributed by atoms with van der Waals surface area (Å²) in [7, 11) is 0. The summed E-state index contributed by atoms with van der Waals surface area (Å²) < 4.78 is 2.70. The molecule has 0 spiro atoms. The van der Waals surface area contributed by atoms with E-state index < -0.39 is 21.1 Å². The molecule has 0 atom stereocenters. The summed E-state index contributed by atoms with van der Waals surface area (Å²) in [5.74, 6) is -1.65. The van der Waals surface area contributed by atoms with E-state index in [0.29, 0.717) is 6.42 Å². The minimum absolute atomic E-state index is 0. The number of esters is 2. The monoisotopic (exact) mass is 466 g/mol. The molecule has 3 nitrogen and oxygen atoms in total. The first-order valence-electron chi connectivity index (χ1n) is 7.20. The Hall–Kier alpha value is 1.33. The molecule has 0 aliphatic carbocycles. The van der Waals surface area contributed by atoms with E-state index >= 15 is 0 Å². The molecule has 0 aromatic rings. The first-order valence-corrected chi connectivity index (χ1v) is 8.83. The van der Waals surface area contributed by atoms with Gasteiger partial charge in [-0.2, -0.15) is 0 Å². The van der Waals surface area contributed by atoms with Crippen molar-refractivity contribution in [1.29, 1.82) is 0 Å². The standard InChI is InChI=1S/C14H22Cl4O3.Al.Ni.3H/c1-2-3-4-5-6-7-8-9-12(19)21-13(20)14(17,18)10-11(15)16;;;;;/h11H,2-10H2,1H3;;;;;. The average molecular weight is 469 g/mol. The number of hydrogen-bond donors (Lipinski definition) is 0. The number of carbonyl (C=O) groups excluding carboxylic acids is 2. The zero-order chi connectivity index (χ0) is 16.3. The fraction of sp³-hybridized carbons (Fsp3) is 0.857. The number of ether oxygens (including phenoxy) is 1. The number of unbranched alkanes of at least 4 members (excludes halogenated alkanes) is 6. The quantitative estimate of drug-likeness (QED) is 0.149. The van der Waals surface area contributed by atoms with Crippen molar-refractivity contribution in [3.05, 3.63) is 0 Å². The van der Waals surface area contributed by atoms with Gasteiger partial charge in [0, 0.05) is 29.3 Å². The molecule has 0 heterocycles. The van der Waals surface area contributed by atoms with Gasteiger partial charge in [-0.3, -0.25) is 4.79 Å². The summed E-state index contributed by atoms with van der Waals surface area (Å²) in [5, 5.41) is 0. The van der Waals surface area contributed by atoms with Crippen molar-refractivity contribution >= 4 is 75.7 Å². The molecular formula is C14H25AlCl4NiO3. The molecular weight excluding hydrogens is 444 g/mol. The number of alkyl halides is 4. The number of rotatable bonds is 11. The second-order valence-electron chi connectivity index (χ2n) is 4.93. The van der Waals surface area contributed by atoms with Gasteiger partial charge < -0.3 is 4.74 Å². The van der Waals surface area contributed by atoms with Gasteiger partial charge in [-0.25, -0.2) is 4.79 Å². The predicted molar refractivity (Wildman–Crippen MR) is 98.2 cm³/mol. The maximum atomic E-state index is 11.6. The SMILES string of the molecule is CCCCCCCCCC(=O)OC(=O)C(Cl)(Cl)CC(Cl)Cl.[AlH3].[Ni]. The Balaban J connectivity index is -0.00000200. The molecule has 0 aliphatic heterocycles. The number of hydrogen-bond acceptors (Lipinski definition) is 3. The smallest absolute Gasteiger partial charge is 0.350 e. The van der Waals surface area contributed by atoms with Crippen LogP contribution < -0.4 is 0 Å². The van der Waals surface area contributed by atoms with Gasteiger partial charge in [-0.15, -0.1) is 23.2 Å². The van der Waals surface area contributed by atoms with Crippen LogP contribution in [0.5, 0.6) is 0 Å². The van der Waals surface area contributed by atoms with Crippen molar-refractivity contribution in [2.45, 2.75) is 73.9 Å². The Morgan fingerprint density at radius 3 is 1.96 bits per heavy atom. The van der Waals surface area contributed by atoms with Gasteiger partial charge in [0.15, 0.2) is 17.4 Å². The van der Waals surface area contributed by atoms with E-state index in [9.17, 15) is 9.59 Å². The second kappa shape index (κ2) is 16.8. The molecule has 0 aliphatic rings. The van der Waals surface area contributed by atoms with E-state index in [0.717, 1.165) is 12.8 Å². The molecule has 0 amide bonds. The summed E-state index contributed by atoms with van der Waals surface area (Å²) in [4.78, 5) is 22.2. The maximum absolute atomic E-state index is 11.6. The van der Waals surface area contributed by atoms with Gasteiger partial charge in [0.1, 0.15) is 4.84 Å². The predicted octanol–water partition coefficient (Wildman–Crippen LogP) is 4.38. The molecule has 0 rings (SSSR count). The molecule has 0 N–H and O–H groups in total. The summed E-state index contributed by atoms with van der Waals surface area (Å²) >= 11 is 22.5. The first-order chi connectivity index (χ1) is 9.79. The normalized spacial score (nSPS) is 10.7. The third kappa shape index (κ3) is 16.5. The molecule has 0 saturated carbocycles. The van der Waals surface area contributed by atoms with Gasteiger partial charge in [0.25, 0.3) is 0 Å². The third-order valence-corrected chi connectivity index (χ3v) is 3.83. The molecule has 9 heteroatoms. The maximum Gasteiger partial charge on any atom is 0.350 e. The minimum Gasteiger partial charge on any atom is -0.391 e. The Morgan fingerprint density at radius 2 is 1.48 bits per heavy atom. The Labute approximate surface area is 179 Å². The van der Waals surface area contributed by atoms with Crippen LogP contribution in [-0.2, 0) is 30.8 Å². The van der Waals surface area contributed by atoms with Crippen LogP contribution in [0.1, 0.15) is 64.7 Å². The molecule has 0 unspecified atom stereocenters. The van der Waals surface area contributed by atoms with Crippen LogP contribution >= 0.6 is 46.4 Å². The zero-order valence-corrected chi connectivity index (χ0v) is 16.5. The Kier molecular flexibility index (Phi) is 21.2. The van der Waals surface area contributed by atoms with Crippen molar-refractivity contribution in [1.82, 2.24) is 0 Å². The van der Waals surface area contributed by atoms with Crippen molar-refractivity contribution < 1.29 is 30.8 Å². The summed E-state index contributed by atoms with van der Waals surface area (Å²) in [5.41, 5.74) is 0. The Bertz CT molecular complexity index is 331. The van der Waals surface area contributed by atoms with Gasteiger partial charge in [0.2, 0.25) is 4.33 Å². The van der Waals surface area contributed by atoms with Crippen LogP contribution in [-0.4, -0.2) is 38.5 Å². The van der Waals surface area contributed by atoms with E-state index in [1.807, 2.05) is 0 Å². The van der Waals surface area contributed by atoms with Gasteiger partial charge in [-0.05, 0) is 6.42 Å². The van der Waals surface area contributed by atoms with Crippen molar-refractivity contribution in [2.75, 3.05) is 0 Å². The first kappa shape index (κ1) is 29.1. The molecule has 0 bridgehead atoms. The molecule has 0 aromatic heterocycles. The van der Waals surface area contributed by atoms with Gasteiger partial charge in [0.05, 0.1) is 0 Å². The van der Waals surface area contributed by atoms with E-state index in [-0.39, 0.29) is 46.7 Å². The van der Waals surface area contributed by atoms with Crippen molar-refractivity contribution in [3.8, 4) is 0 Å². The van der Waals surface area contributed by atoms with Crippen LogP contribution in [0.3, 0.4) is 0 Å². The molecule has 0 saturated heterocycles. The van der Waals surface area contributed by atoms with Crippen LogP contribution in [0.4, 0.5) is 0 Å². The fourth-order valence-corrected chi connectivity index (χ4v) is 2.90. The van der Waals surface area contributed by atoms with Crippen LogP contribution in [0, 0.1) is 0 Å². The van der Waals surface area contributed by atoms with Gasteiger partial charge in [-0.1, -0.05) is 68.7 Å². The number of carbonyl (C=O) groups is 2. The summed E-state index contributed by atoms with van der Waals surface area (Å²) in [6.45, 7) is 2.16. The largest absolute Gasteiger partial charge is 0.391 e. The minimum atomic E-state index is -1.90. The summed E-state index contributed by atoms with van der Waals surface area (Å²) in [6, 6.07) is 0. The Morgan fingerprint density at radius 1 is 1.00 bits per heavy atom. The molecule has 0 fully saturated rings. The summed E-state index contributed by atoms with van der Waals surface area (Å²) in [6.07, 6.45) is 7.51. The van der Waals surface area contributed by atoms with E-state index in [1.165, 1.54) is 25.7 Å². The molecule has 140 valence electrons. The van der Waals surface area contributed by atoms with Crippen molar-refractivity contribution in [3.63, 3.8) is 0 Å². The van der Waals surface area contributed by atoms with E-state index in [1.54, 1.807) is 0 Å².